The van der Waals surface area contributed by atoms with E-state index in [0.29, 0.717) is 0 Å². The highest BCUT2D eigenvalue weighted by Gasteiger charge is 2.12. The number of nitrogens with one attached hydrogen (secondary N) is 2. The number of aromatic amines is 2. The van der Waals surface area contributed by atoms with Gasteiger partial charge in [0.25, 0.3) is 16.9 Å². The number of rotatable bonds is 2. The summed E-state index contributed by atoms with van der Waals surface area (Å²) in [6.07, 6.45) is 0. The number of pyridine rings is 2. The second-order valence-corrected chi connectivity index (χ2v) is 4.71. The van der Waals surface area contributed by atoms with Gasteiger partial charge in [0, 0.05) is 18.2 Å². The summed E-state index contributed by atoms with van der Waals surface area (Å²) in [6, 6.07) is 3.36. The van der Waals surface area contributed by atoms with Crippen LogP contribution in [0.5, 0.6) is 0 Å². The van der Waals surface area contributed by atoms with Crippen molar-refractivity contribution in [3.63, 3.8) is 0 Å². The summed E-state index contributed by atoms with van der Waals surface area (Å²) in [5.41, 5.74) is -0.603. The molecule has 0 aliphatic heterocycles. The number of aryl methyl sites for hydroxylation is 2. The van der Waals surface area contributed by atoms with Crippen LogP contribution in [0.4, 0.5) is 11.4 Å². The van der Waals surface area contributed by atoms with Gasteiger partial charge in [-0.15, -0.1) is 0 Å². The topological polar surface area (TPSA) is 152 Å². The average Bonchev–Trinajstić information content (AvgIpc) is 2.42. The van der Waals surface area contributed by atoms with Crippen molar-refractivity contribution in [3.8, 4) is 0 Å². The van der Waals surface area contributed by atoms with Crippen LogP contribution in [-0.2, 0) is 0 Å². The lowest BCUT2D eigenvalue weighted by Crippen LogP contribution is -2.09. The molecule has 2 heterocycles. The van der Waals surface area contributed by atoms with Crippen LogP contribution in [0.2, 0.25) is 5.02 Å². The molecular formula is C12H11ClN4O6. The normalized spacial score (nSPS) is 9.70. The SMILES string of the molecule is Cc1[nH]c(=O)c(Cl)cc1[N+](=O)[O-].Cc1[nH]c(=O)ccc1[N+](=O)[O-]. The van der Waals surface area contributed by atoms with Gasteiger partial charge in [0.1, 0.15) is 5.02 Å². The predicted octanol–water partition coefficient (Wildman–Crippen LogP) is 1.84. The molecule has 2 N–H and O–H groups in total. The smallest absolute Gasteiger partial charge is 0.289 e. The minimum atomic E-state index is -0.600. The minimum Gasteiger partial charge on any atom is -0.320 e. The Morgan fingerprint density at radius 2 is 1.48 bits per heavy atom. The Morgan fingerprint density at radius 1 is 0.957 bits per heavy atom. The van der Waals surface area contributed by atoms with Gasteiger partial charge in [-0.3, -0.25) is 29.8 Å². The van der Waals surface area contributed by atoms with Gasteiger partial charge in [0.2, 0.25) is 5.56 Å². The molecular weight excluding hydrogens is 332 g/mol. The highest BCUT2D eigenvalue weighted by atomic mass is 35.5. The van der Waals surface area contributed by atoms with Gasteiger partial charge in [0.05, 0.1) is 21.2 Å². The van der Waals surface area contributed by atoms with Crippen molar-refractivity contribution in [2.75, 3.05) is 0 Å². The average molecular weight is 343 g/mol. The predicted molar refractivity (Wildman–Crippen MR) is 81.9 cm³/mol. The first-order valence-electron chi connectivity index (χ1n) is 6.01. The van der Waals surface area contributed by atoms with Crippen molar-refractivity contribution >= 4 is 23.0 Å². The maximum absolute atomic E-state index is 10.8. The number of aromatic nitrogens is 2. The molecule has 0 saturated heterocycles. The van der Waals surface area contributed by atoms with Crippen molar-refractivity contribution in [2.24, 2.45) is 0 Å². The number of nitrogens with zero attached hydrogens (tertiary/aromatic N) is 2. The van der Waals surface area contributed by atoms with Gasteiger partial charge in [0.15, 0.2) is 0 Å². The van der Waals surface area contributed by atoms with E-state index in [9.17, 15) is 29.8 Å². The van der Waals surface area contributed by atoms with Gasteiger partial charge in [-0.05, 0) is 13.8 Å². The van der Waals surface area contributed by atoms with Gasteiger partial charge in [-0.1, -0.05) is 11.6 Å². The van der Waals surface area contributed by atoms with Crippen molar-refractivity contribution in [2.45, 2.75) is 13.8 Å². The van der Waals surface area contributed by atoms with Crippen LogP contribution in [-0.4, -0.2) is 19.8 Å². The maximum Gasteiger partial charge on any atom is 0.289 e. The first kappa shape index (κ1) is 18.0. The third kappa shape index (κ3) is 4.74. The van der Waals surface area contributed by atoms with Crippen LogP contribution < -0.4 is 11.1 Å². The standard InChI is InChI=1S/C6H5ClN2O3.C6H6N2O3/c1-3-5(9(11)12)2-4(7)6(10)8-3;1-4-5(8(10)11)2-3-6(9)7-4/h2H,1H3,(H,8,10);2-3H,1H3,(H,7,9). The molecule has 0 aliphatic rings. The zero-order valence-electron chi connectivity index (χ0n) is 12.0. The van der Waals surface area contributed by atoms with Crippen molar-refractivity contribution in [1.82, 2.24) is 9.97 Å². The summed E-state index contributed by atoms with van der Waals surface area (Å²) in [4.78, 5) is 45.4. The molecule has 2 aromatic rings. The quantitative estimate of drug-likeness (QED) is 0.627. The molecule has 0 fully saturated rings. The molecule has 0 atom stereocenters. The molecule has 0 bridgehead atoms. The highest BCUT2D eigenvalue weighted by Crippen LogP contribution is 2.16. The monoisotopic (exact) mass is 342 g/mol. The second-order valence-electron chi connectivity index (χ2n) is 4.30. The van der Waals surface area contributed by atoms with Crippen LogP contribution in [0.15, 0.2) is 27.8 Å². The Labute approximate surface area is 133 Å². The Balaban J connectivity index is 0.000000231. The Morgan fingerprint density at radius 3 is 1.96 bits per heavy atom. The van der Waals surface area contributed by atoms with Crippen LogP contribution in [0.25, 0.3) is 0 Å². The molecule has 2 rings (SSSR count). The van der Waals surface area contributed by atoms with Gasteiger partial charge in [-0.25, -0.2) is 0 Å². The van der Waals surface area contributed by atoms with E-state index in [1.165, 1.54) is 19.9 Å². The van der Waals surface area contributed by atoms with E-state index >= 15 is 0 Å². The third-order valence-corrected chi connectivity index (χ3v) is 2.93. The summed E-state index contributed by atoms with van der Waals surface area (Å²) in [7, 11) is 0. The highest BCUT2D eigenvalue weighted by molar-refractivity contribution is 6.30. The van der Waals surface area contributed by atoms with E-state index in [2.05, 4.69) is 9.97 Å². The van der Waals surface area contributed by atoms with Gasteiger partial charge in [-0.2, -0.15) is 0 Å². The van der Waals surface area contributed by atoms with Crippen molar-refractivity contribution in [3.05, 3.63) is 75.5 Å². The fourth-order valence-corrected chi connectivity index (χ4v) is 1.70. The van der Waals surface area contributed by atoms with Crippen LogP contribution in [0.3, 0.4) is 0 Å². The molecule has 23 heavy (non-hydrogen) atoms. The molecule has 0 spiro atoms. The molecule has 2 aromatic heterocycles. The summed E-state index contributed by atoms with van der Waals surface area (Å²) in [5.74, 6) is 0. The number of nitro groups is 2. The van der Waals surface area contributed by atoms with E-state index in [-0.39, 0.29) is 33.3 Å². The zero-order chi connectivity index (χ0) is 17.7. The lowest BCUT2D eigenvalue weighted by molar-refractivity contribution is -0.385. The molecule has 0 unspecified atom stereocenters. The number of H-pyrrole nitrogens is 2. The molecule has 0 saturated carbocycles. The molecule has 122 valence electrons. The first-order valence-corrected chi connectivity index (χ1v) is 6.39. The Kier molecular flexibility index (Phi) is 5.74. The maximum atomic E-state index is 10.8. The number of hydrogen-bond acceptors (Lipinski definition) is 6. The molecule has 0 amide bonds. The third-order valence-electron chi connectivity index (χ3n) is 2.65. The van der Waals surface area contributed by atoms with Crippen LogP contribution >= 0.6 is 11.6 Å². The summed E-state index contributed by atoms with van der Waals surface area (Å²) >= 11 is 5.38. The van der Waals surface area contributed by atoms with E-state index in [1.807, 2.05) is 0 Å². The number of hydrogen-bond donors (Lipinski definition) is 2. The van der Waals surface area contributed by atoms with Crippen LogP contribution in [0, 0.1) is 34.1 Å². The fourth-order valence-electron chi connectivity index (χ4n) is 1.55. The Hall–Kier alpha value is -3.01. The lowest BCUT2D eigenvalue weighted by Gasteiger charge is -1.95. The number of halogens is 1. The zero-order valence-corrected chi connectivity index (χ0v) is 12.7. The summed E-state index contributed by atoms with van der Waals surface area (Å²) < 4.78 is 0. The molecule has 0 aliphatic carbocycles. The minimum absolute atomic E-state index is 0.0652. The summed E-state index contributed by atoms with van der Waals surface area (Å²) in [5, 5.41) is 20.4. The van der Waals surface area contributed by atoms with Crippen LogP contribution in [0.1, 0.15) is 11.4 Å². The van der Waals surface area contributed by atoms with E-state index in [4.69, 9.17) is 11.6 Å². The van der Waals surface area contributed by atoms with Crippen molar-refractivity contribution in [1.29, 1.82) is 0 Å². The van der Waals surface area contributed by atoms with Crippen molar-refractivity contribution < 1.29 is 9.85 Å². The molecule has 0 aromatic carbocycles. The lowest BCUT2D eigenvalue weighted by atomic mass is 10.3. The van der Waals surface area contributed by atoms with Gasteiger partial charge >= 0.3 is 0 Å². The van der Waals surface area contributed by atoms with E-state index < -0.39 is 15.4 Å². The largest absolute Gasteiger partial charge is 0.320 e. The fraction of sp³-hybridized carbons (Fsp3) is 0.167. The first-order chi connectivity index (χ1) is 10.6. The molecule has 11 heteroatoms. The second kappa shape index (κ2) is 7.31. The Bertz CT molecular complexity index is 873. The van der Waals surface area contributed by atoms with E-state index in [1.54, 1.807) is 0 Å². The van der Waals surface area contributed by atoms with Gasteiger partial charge < -0.3 is 9.97 Å². The van der Waals surface area contributed by atoms with E-state index in [0.717, 1.165) is 12.1 Å². The summed E-state index contributed by atoms with van der Waals surface area (Å²) in [6.45, 7) is 2.93. The molecule has 10 nitrogen and oxygen atoms in total. The molecule has 0 radical (unpaired) electrons.